The van der Waals surface area contributed by atoms with E-state index in [1.54, 1.807) is 42.5 Å². The number of hydrogen-bond acceptors (Lipinski definition) is 6. The largest absolute Gasteiger partial charge is 0.457 e. The van der Waals surface area contributed by atoms with Crippen LogP contribution < -0.4 is 15.0 Å². The first-order chi connectivity index (χ1) is 15.3. The van der Waals surface area contributed by atoms with Gasteiger partial charge in [0, 0.05) is 10.0 Å². The molecule has 0 bridgehead atoms. The number of nitrogens with one attached hydrogen (secondary N) is 1. The number of halogens is 1. The van der Waals surface area contributed by atoms with Gasteiger partial charge in [-0.2, -0.15) is 0 Å². The maximum absolute atomic E-state index is 13.1. The van der Waals surface area contributed by atoms with Gasteiger partial charge in [0.25, 0.3) is 11.8 Å². The van der Waals surface area contributed by atoms with Crippen LogP contribution in [0.25, 0.3) is 6.08 Å². The first-order valence-corrected chi connectivity index (χ1v) is 10.2. The Hall–Kier alpha value is -3.98. The average Bonchev–Trinajstić information content (AvgIpc) is 3.29. The summed E-state index contributed by atoms with van der Waals surface area (Å²) in [6.45, 7) is 1.87. The summed E-state index contributed by atoms with van der Waals surface area (Å²) in [6.07, 6.45) is 2.60. The van der Waals surface area contributed by atoms with Crippen molar-refractivity contribution in [1.29, 1.82) is 0 Å². The number of urea groups is 1. The molecule has 0 unspecified atom stereocenters. The SMILES string of the molecule is Cc1ccc(N2C(=O)NC(=O)/C(=C/c3cc(Br)ccc3OC(=O)c3ccco3)C2=O)cc1. The Labute approximate surface area is 190 Å². The highest BCUT2D eigenvalue weighted by Gasteiger charge is 2.37. The van der Waals surface area contributed by atoms with E-state index in [1.165, 1.54) is 24.5 Å². The number of nitrogens with zero attached hydrogens (tertiary/aromatic N) is 1. The minimum atomic E-state index is -0.855. The summed E-state index contributed by atoms with van der Waals surface area (Å²) in [5.41, 5.74) is 1.24. The van der Waals surface area contributed by atoms with Crippen molar-refractivity contribution in [2.45, 2.75) is 6.92 Å². The van der Waals surface area contributed by atoms with Crippen LogP contribution in [0.1, 0.15) is 21.7 Å². The monoisotopic (exact) mass is 494 g/mol. The zero-order chi connectivity index (χ0) is 22.8. The highest BCUT2D eigenvalue weighted by Crippen LogP contribution is 2.29. The van der Waals surface area contributed by atoms with Gasteiger partial charge in [-0.05, 0) is 55.5 Å². The summed E-state index contributed by atoms with van der Waals surface area (Å²) in [6, 6.07) is 13.6. The lowest BCUT2D eigenvalue weighted by molar-refractivity contribution is -0.122. The molecule has 4 amide bonds. The van der Waals surface area contributed by atoms with Crippen molar-refractivity contribution in [3.8, 4) is 5.75 Å². The number of anilines is 1. The van der Waals surface area contributed by atoms with Crippen molar-refractivity contribution in [3.05, 3.63) is 87.8 Å². The number of barbiturate groups is 1. The van der Waals surface area contributed by atoms with Crippen LogP contribution in [-0.2, 0) is 9.59 Å². The van der Waals surface area contributed by atoms with Crippen molar-refractivity contribution in [3.63, 3.8) is 0 Å². The first kappa shape index (κ1) is 21.3. The van der Waals surface area contributed by atoms with Crippen LogP contribution in [0.3, 0.4) is 0 Å². The fourth-order valence-corrected chi connectivity index (χ4v) is 3.39. The number of carbonyl (C=O) groups excluding carboxylic acids is 4. The lowest BCUT2D eigenvalue weighted by Crippen LogP contribution is -2.54. The van der Waals surface area contributed by atoms with Crippen LogP contribution in [0.2, 0.25) is 0 Å². The Balaban J connectivity index is 1.71. The van der Waals surface area contributed by atoms with Crippen LogP contribution in [0.5, 0.6) is 5.75 Å². The van der Waals surface area contributed by atoms with Crippen molar-refractivity contribution < 1.29 is 28.3 Å². The molecular formula is C23H15BrN2O6. The number of aryl methyl sites for hydroxylation is 1. The molecule has 32 heavy (non-hydrogen) atoms. The van der Waals surface area contributed by atoms with Crippen molar-refractivity contribution in [2.75, 3.05) is 4.90 Å². The molecule has 0 atom stereocenters. The molecule has 9 heteroatoms. The van der Waals surface area contributed by atoms with Gasteiger partial charge in [-0.15, -0.1) is 0 Å². The highest BCUT2D eigenvalue weighted by molar-refractivity contribution is 9.10. The molecule has 1 aromatic heterocycles. The second-order valence-corrected chi connectivity index (χ2v) is 7.76. The van der Waals surface area contributed by atoms with E-state index in [0.717, 1.165) is 10.5 Å². The molecule has 8 nitrogen and oxygen atoms in total. The number of furan rings is 1. The van der Waals surface area contributed by atoms with E-state index in [1.807, 2.05) is 6.92 Å². The normalized spacial score (nSPS) is 15.1. The molecular weight excluding hydrogens is 480 g/mol. The molecule has 1 aliphatic heterocycles. The van der Waals surface area contributed by atoms with Crippen LogP contribution in [0.15, 0.2) is 75.3 Å². The predicted octanol–water partition coefficient (Wildman–Crippen LogP) is 4.24. The molecule has 1 fully saturated rings. The maximum Gasteiger partial charge on any atom is 0.379 e. The zero-order valence-corrected chi connectivity index (χ0v) is 18.2. The minimum Gasteiger partial charge on any atom is -0.457 e. The number of benzene rings is 2. The lowest BCUT2D eigenvalue weighted by Gasteiger charge is -2.26. The minimum absolute atomic E-state index is 0.00542. The molecule has 0 saturated carbocycles. The van der Waals surface area contributed by atoms with E-state index in [4.69, 9.17) is 9.15 Å². The molecule has 4 rings (SSSR count). The molecule has 3 aromatic rings. The van der Waals surface area contributed by atoms with Gasteiger partial charge in [-0.1, -0.05) is 33.6 Å². The summed E-state index contributed by atoms with van der Waals surface area (Å²) < 4.78 is 11.0. The molecule has 1 N–H and O–H groups in total. The Kier molecular flexibility index (Phi) is 5.74. The van der Waals surface area contributed by atoms with Crippen LogP contribution in [-0.4, -0.2) is 23.8 Å². The van der Waals surface area contributed by atoms with E-state index in [2.05, 4.69) is 21.2 Å². The third kappa shape index (κ3) is 4.23. The molecule has 0 radical (unpaired) electrons. The number of ether oxygens (including phenoxy) is 1. The average molecular weight is 495 g/mol. The summed E-state index contributed by atoms with van der Waals surface area (Å²) >= 11 is 3.32. The van der Waals surface area contributed by atoms with Gasteiger partial charge in [-0.3, -0.25) is 14.9 Å². The number of hydrogen-bond donors (Lipinski definition) is 1. The molecule has 2 heterocycles. The molecule has 2 aromatic carbocycles. The number of esters is 1. The number of carbonyl (C=O) groups is 4. The van der Waals surface area contributed by atoms with Gasteiger partial charge in [0.15, 0.2) is 0 Å². The molecule has 0 spiro atoms. The van der Waals surface area contributed by atoms with E-state index >= 15 is 0 Å². The Bertz CT molecular complexity index is 1260. The highest BCUT2D eigenvalue weighted by atomic mass is 79.9. The third-order valence-corrected chi connectivity index (χ3v) is 5.08. The maximum atomic E-state index is 13.1. The Morgan fingerprint density at radius 1 is 1.09 bits per heavy atom. The first-order valence-electron chi connectivity index (χ1n) is 9.37. The molecule has 0 aliphatic carbocycles. The van der Waals surface area contributed by atoms with Gasteiger partial charge in [0.1, 0.15) is 11.3 Å². The Morgan fingerprint density at radius 2 is 1.84 bits per heavy atom. The van der Waals surface area contributed by atoms with E-state index in [9.17, 15) is 19.2 Å². The smallest absolute Gasteiger partial charge is 0.379 e. The second-order valence-electron chi connectivity index (χ2n) is 6.84. The van der Waals surface area contributed by atoms with Gasteiger partial charge in [-0.25, -0.2) is 14.5 Å². The number of amides is 4. The molecule has 160 valence electrons. The van der Waals surface area contributed by atoms with Crippen molar-refractivity contribution in [2.24, 2.45) is 0 Å². The zero-order valence-electron chi connectivity index (χ0n) is 16.6. The summed E-state index contributed by atoms with van der Waals surface area (Å²) in [4.78, 5) is 51.1. The molecule has 1 aliphatic rings. The summed E-state index contributed by atoms with van der Waals surface area (Å²) in [5.74, 6) is -2.30. The topological polar surface area (TPSA) is 106 Å². The van der Waals surface area contributed by atoms with Crippen molar-refractivity contribution in [1.82, 2.24) is 5.32 Å². The number of rotatable bonds is 4. The third-order valence-electron chi connectivity index (χ3n) is 4.59. The van der Waals surface area contributed by atoms with Crippen LogP contribution >= 0.6 is 15.9 Å². The van der Waals surface area contributed by atoms with Gasteiger partial charge in [0.05, 0.1) is 12.0 Å². The summed E-state index contributed by atoms with van der Waals surface area (Å²) in [5, 5.41) is 2.16. The Morgan fingerprint density at radius 3 is 2.53 bits per heavy atom. The van der Waals surface area contributed by atoms with E-state index in [0.29, 0.717) is 10.2 Å². The van der Waals surface area contributed by atoms with Crippen LogP contribution in [0.4, 0.5) is 10.5 Å². The fourth-order valence-electron chi connectivity index (χ4n) is 3.01. The standard InChI is InChI=1S/C23H15BrN2O6/c1-13-4-7-16(8-5-13)26-21(28)17(20(27)25-23(26)30)12-14-11-15(24)6-9-18(14)32-22(29)19-3-2-10-31-19/h2-12H,1H3,(H,25,27,30)/b17-12-. The number of imide groups is 2. The lowest BCUT2D eigenvalue weighted by atomic mass is 10.1. The van der Waals surface area contributed by atoms with Gasteiger partial charge >= 0.3 is 12.0 Å². The molecule has 1 saturated heterocycles. The second kappa shape index (κ2) is 8.64. The fraction of sp³-hybridized carbons (Fsp3) is 0.0435. The van der Waals surface area contributed by atoms with Gasteiger partial charge in [0.2, 0.25) is 5.76 Å². The van der Waals surface area contributed by atoms with Crippen molar-refractivity contribution >= 4 is 51.5 Å². The van der Waals surface area contributed by atoms with Gasteiger partial charge < -0.3 is 9.15 Å². The van der Waals surface area contributed by atoms with Crippen LogP contribution in [0, 0.1) is 6.92 Å². The van der Waals surface area contributed by atoms with E-state index in [-0.39, 0.29) is 22.6 Å². The van der Waals surface area contributed by atoms with E-state index < -0.39 is 23.8 Å². The summed E-state index contributed by atoms with van der Waals surface area (Å²) in [7, 11) is 0. The quantitative estimate of drug-likeness (QED) is 0.251. The predicted molar refractivity (Wildman–Crippen MR) is 118 cm³/mol.